The first-order valence-corrected chi connectivity index (χ1v) is 10.5. The number of aromatic nitrogens is 5. The standard InChI is InChI=1S/C19H19N5OS2/c1-13-7-9-14(10-8-13)18-21-22-19(24(18)2)27-12-4-6-16-20-17(23-25-16)15-5-3-11-26-15/h3,5,7-11H,4,6,12H2,1-2H3. The van der Waals surface area contributed by atoms with Crippen LogP contribution in [0.5, 0.6) is 0 Å². The Morgan fingerprint density at radius 3 is 2.78 bits per heavy atom. The average Bonchev–Trinajstić information content (AvgIpc) is 3.41. The molecule has 4 rings (SSSR count). The lowest BCUT2D eigenvalue weighted by Gasteiger charge is -2.04. The van der Waals surface area contributed by atoms with E-state index in [-0.39, 0.29) is 0 Å². The Labute approximate surface area is 165 Å². The van der Waals surface area contributed by atoms with Gasteiger partial charge in [-0.15, -0.1) is 21.5 Å². The van der Waals surface area contributed by atoms with Crippen LogP contribution >= 0.6 is 23.1 Å². The Hall–Kier alpha value is -2.45. The highest BCUT2D eigenvalue weighted by atomic mass is 32.2. The van der Waals surface area contributed by atoms with Crippen LogP contribution in [0.3, 0.4) is 0 Å². The van der Waals surface area contributed by atoms with E-state index in [9.17, 15) is 0 Å². The number of nitrogens with zero attached hydrogens (tertiary/aromatic N) is 5. The number of hydrogen-bond acceptors (Lipinski definition) is 7. The van der Waals surface area contributed by atoms with Crippen LogP contribution < -0.4 is 0 Å². The van der Waals surface area contributed by atoms with Crippen LogP contribution in [0.15, 0.2) is 51.5 Å². The number of thiophene rings is 1. The van der Waals surface area contributed by atoms with Gasteiger partial charge < -0.3 is 9.09 Å². The first-order valence-electron chi connectivity index (χ1n) is 8.66. The molecule has 3 aromatic heterocycles. The highest BCUT2D eigenvalue weighted by Crippen LogP contribution is 2.24. The Balaban J connectivity index is 1.31. The predicted octanol–water partition coefficient (Wildman–Crippen LogP) is 4.63. The maximum atomic E-state index is 5.34. The van der Waals surface area contributed by atoms with E-state index in [2.05, 4.69) is 51.5 Å². The van der Waals surface area contributed by atoms with Gasteiger partial charge in [-0.2, -0.15) is 4.98 Å². The van der Waals surface area contributed by atoms with Crippen molar-refractivity contribution in [1.29, 1.82) is 0 Å². The van der Waals surface area contributed by atoms with Crippen LogP contribution in [0.1, 0.15) is 17.9 Å². The van der Waals surface area contributed by atoms with Gasteiger partial charge in [-0.25, -0.2) is 0 Å². The third kappa shape index (κ3) is 4.12. The fraction of sp³-hybridized carbons (Fsp3) is 0.263. The second-order valence-corrected chi connectivity index (χ2v) is 8.18. The Morgan fingerprint density at radius 2 is 2.00 bits per heavy atom. The smallest absolute Gasteiger partial charge is 0.227 e. The SMILES string of the molecule is Cc1ccc(-c2nnc(SCCCc3nc(-c4cccs4)no3)n2C)cc1. The van der Waals surface area contributed by atoms with E-state index in [1.165, 1.54) is 5.56 Å². The van der Waals surface area contributed by atoms with E-state index in [0.29, 0.717) is 11.7 Å². The first-order chi connectivity index (χ1) is 13.2. The molecule has 0 aliphatic heterocycles. The minimum absolute atomic E-state index is 0.670. The molecule has 0 saturated heterocycles. The van der Waals surface area contributed by atoms with Crippen LogP contribution in [-0.2, 0) is 13.5 Å². The Kier molecular flexibility index (Phi) is 5.35. The van der Waals surface area contributed by atoms with Gasteiger partial charge in [-0.1, -0.05) is 52.8 Å². The topological polar surface area (TPSA) is 69.6 Å². The van der Waals surface area contributed by atoms with Crippen LogP contribution in [-0.4, -0.2) is 30.7 Å². The summed E-state index contributed by atoms with van der Waals surface area (Å²) in [5, 5.41) is 15.6. The largest absolute Gasteiger partial charge is 0.339 e. The fourth-order valence-corrected chi connectivity index (χ4v) is 4.14. The van der Waals surface area contributed by atoms with Gasteiger partial charge >= 0.3 is 0 Å². The van der Waals surface area contributed by atoms with E-state index in [1.807, 2.05) is 29.1 Å². The molecular formula is C19H19N5OS2. The van der Waals surface area contributed by atoms with Crippen molar-refractivity contribution >= 4 is 23.1 Å². The molecule has 27 heavy (non-hydrogen) atoms. The maximum Gasteiger partial charge on any atom is 0.227 e. The summed E-state index contributed by atoms with van der Waals surface area (Å²) in [5.74, 6) is 3.15. The van der Waals surface area contributed by atoms with Gasteiger partial charge in [0.1, 0.15) is 0 Å². The van der Waals surface area contributed by atoms with Crippen molar-refractivity contribution in [3.63, 3.8) is 0 Å². The molecule has 0 atom stereocenters. The number of rotatable bonds is 7. The van der Waals surface area contributed by atoms with Gasteiger partial charge in [0.2, 0.25) is 11.7 Å². The van der Waals surface area contributed by atoms with E-state index < -0.39 is 0 Å². The zero-order valence-electron chi connectivity index (χ0n) is 15.1. The molecular weight excluding hydrogens is 378 g/mol. The van der Waals surface area contributed by atoms with Gasteiger partial charge in [-0.3, -0.25) is 0 Å². The molecule has 4 aromatic rings. The molecule has 0 amide bonds. The fourth-order valence-electron chi connectivity index (χ4n) is 2.64. The quantitative estimate of drug-likeness (QED) is 0.335. The normalized spacial score (nSPS) is 11.2. The summed E-state index contributed by atoms with van der Waals surface area (Å²) < 4.78 is 7.38. The molecule has 138 valence electrons. The summed E-state index contributed by atoms with van der Waals surface area (Å²) >= 11 is 3.30. The second kappa shape index (κ2) is 8.06. The third-order valence-electron chi connectivity index (χ3n) is 4.12. The summed E-state index contributed by atoms with van der Waals surface area (Å²) in [6.45, 7) is 2.08. The van der Waals surface area contributed by atoms with E-state index in [0.717, 1.165) is 40.0 Å². The lowest BCUT2D eigenvalue weighted by atomic mass is 10.1. The van der Waals surface area contributed by atoms with Crippen LogP contribution in [0.25, 0.3) is 22.1 Å². The molecule has 0 fully saturated rings. The third-order valence-corrected chi connectivity index (χ3v) is 6.09. The van der Waals surface area contributed by atoms with E-state index >= 15 is 0 Å². The molecule has 0 aliphatic carbocycles. The van der Waals surface area contributed by atoms with Crippen LogP contribution in [0, 0.1) is 6.92 Å². The summed E-state index contributed by atoms with van der Waals surface area (Å²) in [6.07, 6.45) is 1.69. The lowest BCUT2D eigenvalue weighted by molar-refractivity contribution is 0.378. The van der Waals surface area contributed by atoms with Crippen molar-refractivity contribution in [3.05, 3.63) is 53.2 Å². The minimum Gasteiger partial charge on any atom is -0.339 e. The molecule has 0 unspecified atom stereocenters. The van der Waals surface area contributed by atoms with Gasteiger partial charge in [-0.05, 0) is 24.8 Å². The van der Waals surface area contributed by atoms with Crippen molar-refractivity contribution in [2.45, 2.75) is 24.9 Å². The highest BCUT2D eigenvalue weighted by molar-refractivity contribution is 7.99. The molecule has 0 radical (unpaired) electrons. The number of aryl methyl sites for hydroxylation is 2. The summed E-state index contributed by atoms with van der Waals surface area (Å²) in [4.78, 5) is 5.49. The predicted molar refractivity (Wildman–Crippen MR) is 108 cm³/mol. The van der Waals surface area contributed by atoms with Gasteiger partial charge in [0.25, 0.3) is 0 Å². The van der Waals surface area contributed by atoms with Crippen LogP contribution in [0.2, 0.25) is 0 Å². The second-order valence-electron chi connectivity index (χ2n) is 6.17. The number of hydrogen-bond donors (Lipinski definition) is 0. The molecule has 0 spiro atoms. The highest BCUT2D eigenvalue weighted by Gasteiger charge is 2.12. The van der Waals surface area contributed by atoms with Gasteiger partial charge in [0, 0.05) is 24.8 Å². The molecule has 3 heterocycles. The maximum absolute atomic E-state index is 5.34. The van der Waals surface area contributed by atoms with E-state index in [4.69, 9.17) is 4.52 Å². The van der Waals surface area contributed by atoms with E-state index in [1.54, 1.807) is 23.1 Å². The van der Waals surface area contributed by atoms with Gasteiger partial charge in [0.05, 0.1) is 4.88 Å². The number of benzene rings is 1. The summed E-state index contributed by atoms with van der Waals surface area (Å²) in [6, 6.07) is 12.3. The molecule has 0 bridgehead atoms. The van der Waals surface area contributed by atoms with Crippen LogP contribution in [0.4, 0.5) is 0 Å². The Morgan fingerprint density at radius 1 is 1.15 bits per heavy atom. The first kappa shape index (κ1) is 17.9. The van der Waals surface area contributed by atoms with Crippen molar-refractivity contribution < 1.29 is 4.52 Å². The zero-order valence-corrected chi connectivity index (χ0v) is 16.8. The molecule has 1 aromatic carbocycles. The number of thioether (sulfide) groups is 1. The summed E-state index contributed by atoms with van der Waals surface area (Å²) in [7, 11) is 2.00. The molecule has 6 nitrogen and oxygen atoms in total. The molecule has 8 heteroatoms. The van der Waals surface area contributed by atoms with Crippen molar-refractivity contribution in [3.8, 4) is 22.1 Å². The van der Waals surface area contributed by atoms with Crippen molar-refractivity contribution in [2.75, 3.05) is 5.75 Å². The molecule has 0 N–H and O–H groups in total. The molecule has 0 aliphatic rings. The average molecular weight is 398 g/mol. The summed E-state index contributed by atoms with van der Waals surface area (Å²) in [5.41, 5.74) is 2.31. The van der Waals surface area contributed by atoms with Gasteiger partial charge in [0.15, 0.2) is 11.0 Å². The lowest BCUT2D eigenvalue weighted by Crippen LogP contribution is -1.96. The van der Waals surface area contributed by atoms with Crippen molar-refractivity contribution in [2.24, 2.45) is 7.05 Å². The Bertz CT molecular complexity index is 1010. The minimum atomic E-state index is 0.670. The van der Waals surface area contributed by atoms with Crippen molar-refractivity contribution in [1.82, 2.24) is 24.9 Å². The zero-order chi connectivity index (χ0) is 18.6. The molecule has 0 saturated carbocycles. The monoisotopic (exact) mass is 397 g/mol.